The first-order valence-corrected chi connectivity index (χ1v) is 7.27. The molecule has 0 saturated carbocycles. The Morgan fingerprint density at radius 2 is 1.85 bits per heavy atom. The van der Waals surface area contributed by atoms with Crippen LogP contribution in [0.2, 0.25) is 0 Å². The van der Waals surface area contributed by atoms with Crippen molar-refractivity contribution in [1.82, 2.24) is 15.5 Å². The normalized spacial score (nSPS) is 27.2. The summed E-state index contributed by atoms with van der Waals surface area (Å²) in [4.78, 5) is 25.6. The number of carbonyl (C=O) groups excluding carboxylic acids is 1. The van der Waals surface area contributed by atoms with Gasteiger partial charge in [0.1, 0.15) is 0 Å². The highest BCUT2D eigenvalue weighted by atomic mass is 16.4. The highest BCUT2D eigenvalue weighted by Gasteiger charge is 2.33. The molecule has 1 fully saturated rings. The molecule has 20 heavy (non-hydrogen) atoms. The predicted octanol–water partition coefficient (Wildman–Crippen LogP) is -0.325. The van der Waals surface area contributed by atoms with E-state index in [0.29, 0.717) is 19.4 Å². The van der Waals surface area contributed by atoms with Crippen LogP contribution in [-0.4, -0.2) is 61.2 Å². The van der Waals surface area contributed by atoms with Gasteiger partial charge >= 0.3 is 5.97 Å². The summed E-state index contributed by atoms with van der Waals surface area (Å²) >= 11 is 0. The maximum atomic E-state index is 12.1. The molecule has 2 unspecified atom stereocenters. The molecular formula is C14H23N3O3. The average Bonchev–Trinajstić information content (AvgIpc) is 2.48. The molecule has 2 rings (SSSR count). The van der Waals surface area contributed by atoms with E-state index in [0.717, 1.165) is 32.7 Å². The van der Waals surface area contributed by atoms with Crippen LogP contribution in [0.1, 0.15) is 12.8 Å². The number of carboxylic acids is 1. The molecule has 0 radical (unpaired) electrons. The van der Waals surface area contributed by atoms with Gasteiger partial charge in [-0.2, -0.15) is 0 Å². The van der Waals surface area contributed by atoms with Crippen molar-refractivity contribution in [2.45, 2.75) is 12.8 Å². The molecule has 0 spiro atoms. The van der Waals surface area contributed by atoms with Crippen LogP contribution in [-0.2, 0) is 9.59 Å². The van der Waals surface area contributed by atoms with Crippen molar-refractivity contribution in [3.05, 3.63) is 12.2 Å². The molecular weight excluding hydrogens is 258 g/mol. The quantitative estimate of drug-likeness (QED) is 0.602. The molecule has 3 N–H and O–H groups in total. The van der Waals surface area contributed by atoms with Gasteiger partial charge in [-0.15, -0.1) is 0 Å². The Hall–Kier alpha value is -1.40. The van der Waals surface area contributed by atoms with Gasteiger partial charge in [0.25, 0.3) is 0 Å². The third kappa shape index (κ3) is 4.05. The number of carboxylic acid groups (broad SMARTS) is 1. The van der Waals surface area contributed by atoms with E-state index in [9.17, 15) is 9.59 Å². The first-order chi connectivity index (χ1) is 9.68. The van der Waals surface area contributed by atoms with Gasteiger partial charge in [0, 0.05) is 39.3 Å². The van der Waals surface area contributed by atoms with Gasteiger partial charge in [-0.1, -0.05) is 12.2 Å². The Morgan fingerprint density at radius 1 is 1.20 bits per heavy atom. The minimum Gasteiger partial charge on any atom is -0.481 e. The lowest BCUT2D eigenvalue weighted by Crippen LogP contribution is -2.47. The van der Waals surface area contributed by atoms with Crippen molar-refractivity contribution in [2.75, 3.05) is 39.3 Å². The molecule has 1 heterocycles. The number of hydrogen-bond acceptors (Lipinski definition) is 4. The van der Waals surface area contributed by atoms with E-state index in [1.54, 1.807) is 0 Å². The van der Waals surface area contributed by atoms with Gasteiger partial charge in [0.15, 0.2) is 0 Å². The van der Waals surface area contributed by atoms with Crippen LogP contribution >= 0.6 is 0 Å². The van der Waals surface area contributed by atoms with Crippen LogP contribution in [0.25, 0.3) is 0 Å². The van der Waals surface area contributed by atoms with Crippen LogP contribution in [0.4, 0.5) is 0 Å². The molecule has 1 aliphatic carbocycles. The molecule has 0 bridgehead atoms. The van der Waals surface area contributed by atoms with Crippen molar-refractivity contribution in [2.24, 2.45) is 11.8 Å². The van der Waals surface area contributed by atoms with E-state index in [-0.39, 0.29) is 5.91 Å². The monoisotopic (exact) mass is 281 g/mol. The second-order valence-corrected chi connectivity index (χ2v) is 5.38. The number of carbonyl (C=O) groups is 2. The van der Waals surface area contributed by atoms with Crippen LogP contribution in [0, 0.1) is 11.8 Å². The largest absolute Gasteiger partial charge is 0.481 e. The van der Waals surface area contributed by atoms with Gasteiger partial charge in [0.2, 0.25) is 5.91 Å². The lowest BCUT2D eigenvalue weighted by Gasteiger charge is -2.28. The zero-order valence-corrected chi connectivity index (χ0v) is 11.7. The van der Waals surface area contributed by atoms with Gasteiger partial charge in [-0.05, 0) is 12.8 Å². The molecule has 1 saturated heterocycles. The van der Waals surface area contributed by atoms with Crippen molar-refractivity contribution < 1.29 is 14.7 Å². The Balaban J connectivity index is 1.75. The number of aliphatic carboxylic acids is 1. The van der Waals surface area contributed by atoms with Crippen LogP contribution < -0.4 is 10.6 Å². The van der Waals surface area contributed by atoms with Crippen molar-refractivity contribution >= 4 is 11.9 Å². The van der Waals surface area contributed by atoms with E-state index in [1.165, 1.54) is 0 Å². The highest BCUT2D eigenvalue weighted by molar-refractivity contribution is 5.85. The third-order valence-electron chi connectivity index (χ3n) is 4.02. The molecule has 112 valence electrons. The Morgan fingerprint density at radius 3 is 2.50 bits per heavy atom. The van der Waals surface area contributed by atoms with Gasteiger partial charge < -0.3 is 15.7 Å². The third-order valence-corrected chi connectivity index (χ3v) is 4.02. The maximum absolute atomic E-state index is 12.1. The fourth-order valence-electron chi connectivity index (χ4n) is 2.78. The molecule has 2 aliphatic rings. The number of rotatable bonds is 5. The van der Waals surface area contributed by atoms with E-state index < -0.39 is 17.8 Å². The standard InChI is InChI=1S/C14H23N3O3/c18-13(11-3-1-2-4-12(11)14(19)20)16-7-10-17-8-5-15-6-9-17/h1-2,11-12,15H,3-10H2,(H,16,18)(H,19,20). The van der Waals surface area contributed by atoms with Crippen LogP contribution in [0.5, 0.6) is 0 Å². The van der Waals surface area contributed by atoms with Crippen LogP contribution in [0.15, 0.2) is 12.2 Å². The van der Waals surface area contributed by atoms with E-state index in [4.69, 9.17) is 5.11 Å². The Labute approximate surface area is 119 Å². The van der Waals surface area contributed by atoms with E-state index in [2.05, 4.69) is 15.5 Å². The number of hydrogen-bond donors (Lipinski definition) is 3. The zero-order valence-electron chi connectivity index (χ0n) is 11.7. The average molecular weight is 281 g/mol. The molecule has 0 aromatic heterocycles. The molecule has 2 atom stereocenters. The zero-order chi connectivity index (χ0) is 14.4. The van der Waals surface area contributed by atoms with E-state index in [1.807, 2.05) is 12.2 Å². The summed E-state index contributed by atoms with van der Waals surface area (Å²) in [6, 6.07) is 0. The van der Waals surface area contributed by atoms with Crippen molar-refractivity contribution in [1.29, 1.82) is 0 Å². The smallest absolute Gasteiger partial charge is 0.307 e. The molecule has 1 amide bonds. The lowest BCUT2D eigenvalue weighted by molar-refractivity contribution is -0.147. The number of nitrogens with one attached hydrogen (secondary N) is 2. The summed E-state index contributed by atoms with van der Waals surface area (Å²) < 4.78 is 0. The molecule has 1 aliphatic heterocycles. The predicted molar refractivity (Wildman–Crippen MR) is 75.3 cm³/mol. The Kier molecular flexibility index (Phi) is 5.55. The SMILES string of the molecule is O=C(O)C1CC=CCC1C(=O)NCCN1CCNCC1. The lowest BCUT2D eigenvalue weighted by atomic mass is 9.82. The second kappa shape index (κ2) is 7.40. The van der Waals surface area contributed by atoms with E-state index >= 15 is 0 Å². The number of allylic oxidation sites excluding steroid dienone is 2. The fraction of sp³-hybridized carbons (Fsp3) is 0.714. The van der Waals surface area contributed by atoms with Gasteiger partial charge in [-0.25, -0.2) is 0 Å². The summed E-state index contributed by atoms with van der Waals surface area (Å²) in [5.74, 6) is -2.02. The van der Waals surface area contributed by atoms with Gasteiger partial charge in [-0.3, -0.25) is 14.5 Å². The summed E-state index contributed by atoms with van der Waals surface area (Å²) in [5, 5.41) is 15.3. The number of piperazine rings is 1. The summed E-state index contributed by atoms with van der Waals surface area (Å²) in [7, 11) is 0. The first kappa shape index (κ1) is 15.0. The van der Waals surface area contributed by atoms with Crippen molar-refractivity contribution in [3.63, 3.8) is 0 Å². The maximum Gasteiger partial charge on any atom is 0.307 e. The summed E-state index contributed by atoms with van der Waals surface area (Å²) in [6.07, 6.45) is 4.73. The van der Waals surface area contributed by atoms with Crippen LogP contribution in [0.3, 0.4) is 0 Å². The minimum absolute atomic E-state index is 0.128. The first-order valence-electron chi connectivity index (χ1n) is 7.27. The molecule has 0 aromatic rings. The van der Waals surface area contributed by atoms with Crippen molar-refractivity contribution in [3.8, 4) is 0 Å². The topological polar surface area (TPSA) is 81.7 Å². The molecule has 6 heteroatoms. The van der Waals surface area contributed by atoms with Gasteiger partial charge in [0.05, 0.1) is 11.8 Å². The number of nitrogens with zero attached hydrogens (tertiary/aromatic N) is 1. The second-order valence-electron chi connectivity index (χ2n) is 5.38. The molecule has 0 aromatic carbocycles. The Bertz CT molecular complexity index is 378. The number of amides is 1. The molecule has 6 nitrogen and oxygen atoms in total. The minimum atomic E-state index is -0.878. The summed E-state index contributed by atoms with van der Waals surface area (Å²) in [5.41, 5.74) is 0. The fourth-order valence-corrected chi connectivity index (χ4v) is 2.78. The highest BCUT2D eigenvalue weighted by Crippen LogP contribution is 2.25. The summed E-state index contributed by atoms with van der Waals surface area (Å²) in [6.45, 7) is 5.39.